The Morgan fingerprint density at radius 1 is 1.18 bits per heavy atom. The van der Waals surface area contributed by atoms with Gasteiger partial charge in [0.05, 0.1) is 17.6 Å². The van der Waals surface area contributed by atoms with Gasteiger partial charge in [-0.3, -0.25) is 5.32 Å². The molecule has 7 heteroatoms. The molecule has 5 nitrogen and oxygen atoms in total. The fourth-order valence-electron chi connectivity index (χ4n) is 1.70. The Kier molecular flexibility index (Phi) is 4.88. The lowest BCUT2D eigenvalue weighted by molar-refractivity contribution is 0.250. The number of hydrogen-bond acceptors (Lipinski definition) is 3. The van der Waals surface area contributed by atoms with Crippen LogP contribution in [-0.4, -0.2) is 17.1 Å². The molecule has 2 rings (SSSR count). The summed E-state index contributed by atoms with van der Waals surface area (Å²) in [6.07, 6.45) is 1.44. The lowest BCUT2D eigenvalue weighted by atomic mass is 10.3. The van der Waals surface area contributed by atoms with Gasteiger partial charge in [-0.2, -0.15) is 0 Å². The topological polar surface area (TPSA) is 66.1 Å². The third kappa shape index (κ3) is 4.41. The van der Waals surface area contributed by atoms with Gasteiger partial charge in [0.1, 0.15) is 17.5 Å². The number of nitrogens with zero attached hydrogens (tertiary/aromatic N) is 1. The smallest absolute Gasteiger partial charge is 0.320 e. The van der Waals surface area contributed by atoms with Crippen LogP contribution in [0.15, 0.2) is 36.5 Å². The minimum atomic E-state index is -0.696. The van der Waals surface area contributed by atoms with E-state index in [1.54, 1.807) is 12.1 Å². The molecule has 2 aromatic rings. The van der Waals surface area contributed by atoms with Crippen LogP contribution in [0, 0.1) is 11.6 Å². The first-order chi connectivity index (χ1) is 10.4. The third-order valence-electron chi connectivity index (χ3n) is 2.63. The standard InChI is InChI=1S/C15H16F2N4O/c1-9(2)19-15(22)21-14-6-4-11(8-18-14)20-13-5-3-10(16)7-12(13)17/h3-9,20H,1-2H3,(H2,18,19,21,22). The molecule has 1 aromatic carbocycles. The van der Waals surface area contributed by atoms with E-state index in [9.17, 15) is 13.6 Å². The summed E-state index contributed by atoms with van der Waals surface area (Å²) in [5.41, 5.74) is 0.654. The molecule has 0 aliphatic rings. The Labute approximate surface area is 126 Å². The number of amides is 2. The normalized spacial score (nSPS) is 10.4. The average Bonchev–Trinajstić information content (AvgIpc) is 2.43. The van der Waals surface area contributed by atoms with Gasteiger partial charge in [-0.25, -0.2) is 18.6 Å². The number of carbonyl (C=O) groups is 1. The second-order valence-corrected chi connectivity index (χ2v) is 4.93. The molecule has 0 bridgehead atoms. The van der Waals surface area contributed by atoms with Gasteiger partial charge in [-0.05, 0) is 38.1 Å². The van der Waals surface area contributed by atoms with Crippen LogP contribution in [0.1, 0.15) is 13.8 Å². The monoisotopic (exact) mass is 306 g/mol. The van der Waals surface area contributed by atoms with Crippen molar-refractivity contribution in [1.29, 1.82) is 0 Å². The molecular formula is C15H16F2N4O. The second kappa shape index (κ2) is 6.84. The Balaban J connectivity index is 2.01. The molecular weight excluding hydrogens is 290 g/mol. The Hall–Kier alpha value is -2.70. The maximum absolute atomic E-state index is 13.5. The quantitative estimate of drug-likeness (QED) is 0.808. The molecule has 0 aliphatic carbocycles. The van der Waals surface area contributed by atoms with Crippen molar-refractivity contribution in [3.05, 3.63) is 48.2 Å². The zero-order chi connectivity index (χ0) is 16.1. The molecule has 22 heavy (non-hydrogen) atoms. The minimum absolute atomic E-state index is 0.0161. The first-order valence-electron chi connectivity index (χ1n) is 6.69. The highest BCUT2D eigenvalue weighted by Gasteiger charge is 2.06. The lowest BCUT2D eigenvalue weighted by Crippen LogP contribution is -2.34. The molecule has 0 saturated carbocycles. The zero-order valence-corrected chi connectivity index (χ0v) is 12.2. The van der Waals surface area contributed by atoms with Gasteiger partial charge in [0.25, 0.3) is 0 Å². The van der Waals surface area contributed by atoms with Gasteiger partial charge < -0.3 is 10.6 Å². The molecule has 0 spiro atoms. The van der Waals surface area contributed by atoms with Gasteiger partial charge in [-0.15, -0.1) is 0 Å². The maximum atomic E-state index is 13.5. The Bertz CT molecular complexity index is 659. The molecule has 0 radical (unpaired) electrons. The summed E-state index contributed by atoms with van der Waals surface area (Å²) >= 11 is 0. The number of carbonyl (C=O) groups excluding carboxylic acids is 1. The molecule has 0 fully saturated rings. The number of benzene rings is 1. The van der Waals surface area contributed by atoms with Crippen molar-refractivity contribution in [1.82, 2.24) is 10.3 Å². The van der Waals surface area contributed by atoms with E-state index in [4.69, 9.17) is 0 Å². The van der Waals surface area contributed by atoms with Crippen LogP contribution in [0.5, 0.6) is 0 Å². The number of aromatic nitrogens is 1. The highest BCUT2D eigenvalue weighted by atomic mass is 19.1. The van der Waals surface area contributed by atoms with Crippen LogP contribution < -0.4 is 16.0 Å². The van der Waals surface area contributed by atoms with E-state index >= 15 is 0 Å². The minimum Gasteiger partial charge on any atom is -0.352 e. The number of pyridine rings is 1. The van der Waals surface area contributed by atoms with Gasteiger partial charge >= 0.3 is 6.03 Å². The van der Waals surface area contributed by atoms with E-state index in [-0.39, 0.29) is 17.8 Å². The number of nitrogens with one attached hydrogen (secondary N) is 3. The lowest BCUT2D eigenvalue weighted by Gasteiger charge is -2.10. The molecule has 0 atom stereocenters. The van der Waals surface area contributed by atoms with E-state index in [1.807, 2.05) is 13.8 Å². The van der Waals surface area contributed by atoms with Gasteiger partial charge in [0.2, 0.25) is 0 Å². The summed E-state index contributed by atoms with van der Waals surface area (Å²) in [7, 11) is 0. The van der Waals surface area contributed by atoms with Crippen LogP contribution in [0.25, 0.3) is 0 Å². The van der Waals surface area contributed by atoms with E-state index in [1.165, 1.54) is 12.3 Å². The predicted octanol–water partition coefficient (Wildman–Crippen LogP) is 3.63. The van der Waals surface area contributed by atoms with Crippen LogP contribution in [0.3, 0.4) is 0 Å². The van der Waals surface area contributed by atoms with Gasteiger partial charge in [0.15, 0.2) is 0 Å². The van der Waals surface area contributed by atoms with Crippen LogP contribution in [-0.2, 0) is 0 Å². The van der Waals surface area contributed by atoms with Crippen LogP contribution in [0.2, 0.25) is 0 Å². The average molecular weight is 306 g/mol. The van der Waals surface area contributed by atoms with Crippen molar-refractivity contribution < 1.29 is 13.6 Å². The third-order valence-corrected chi connectivity index (χ3v) is 2.63. The largest absolute Gasteiger partial charge is 0.352 e. The summed E-state index contributed by atoms with van der Waals surface area (Å²) in [5, 5.41) is 8.02. The fraction of sp³-hybridized carbons (Fsp3) is 0.200. The van der Waals surface area contributed by atoms with Gasteiger partial charge in [-0.1, -0.05) is 0 Å². The van der Waals surface area contributed by atoms with Crippen molar-refractivity contribution in [3.63, 3.8) is 0 Å². The van der Waals surface area contributed by atoms with Crippen molar-refractivity contribution in [3.8, 4) is 0 Å². The molecule has 0 saturated heterocycles. The van der Waals surface area contributed by atoms with Crippen molar-refractivity contribution in [2.75, 3.05) is 10.6 Å². The molecule has 3 N–H and O–H groups in total. The molecule has 0 unspecified atom stereocenters. The number of hydrogen-bond donors (Lipinski definition) is 3. The first-order valence-corrected chi connectivity index (χ1v) is 6.69. The summed E-state index contributed by atoms with van der Waals surface area (Å²) in [6, 6.07) is 6.11. The Morgan fingerprint density at radius 3 is 2.55 bits per heavy atom. The number of anilines is 3. The number of rotatable bonds is 4. The fourth-order valence-corrected chi connectivity index (χ4v) is 1.70. The SMILES string of the molecule is CC(C)NC(=O)Nc1ccc(Nc2ccc(F)cc2F)cn1. The van der Waals surface area contributed by atoms with Crippen LogP contribution >= 0.6 is 0 Å². The molecule has 1 heterocycles. The predicted molar refractivity (Wildman–Crippen MR) is 81.2 cm³/mol. The number of urea groups is 1. The maximum Gasteiger partial charge on any atom is 0.320 e. The van der Waals surface area contributed by atoms with Crippen molar-refractivity contribution in [2.45, 2.75) is 19.9 Å². The summed E-state index contributed by atoms with van der Waals surface area (Å²) in [5.74, 6) is -0.973. The second-order valence-electron chi connectivity index (χ2n) is 4.93. The summed E-state index contributed by atoms with van der Waals surface area (Å²) in [6.45, 7) is 3.69. The highest BCUT2D eigenvalue weighted by molar-refractivity contribution is 5.88. The van der Waals surface area contributed by atoms with Crippen molar-refractivity contribution in [2.24, 2.45) is 0 Å². The summed E-state index contributed by atoms with van der Waals surface area (Å²) in [4.78, 5) is 15.6. The zero-order valence-electron chi connectivity index (χ0n) is 12.2. The first kappa shape index (κ1) is 15.7. The van der Waals surface area contributed by atoms with E-state index in [0.29, 0.717) is 11.5 Å². The molecule has 0 aliphatic heterocycles. The Morgan fingerprint density at radius 2 is 1.95 bits per heavy atom. The van der Waals surface area contributed by atoms with Crippen molar-refractivity contribution >= 4 is 23.2 Å². The highest BCUT2D eigenvalue weighted by Crippen LogP contribution is 2.20. The molecule has 116 valence electrons. The number of halogens is 2. The summed E-state index contributed by atoms with van der Waals surface area (Å²) < 4.78 is 26.3. The van der Waals surface area contributed by atoms with E-state index in [2.05, 4.69) is 20.9 Å². The van der Waals surface area contributed by atoms with Gasteiger partial charge in [0, 0.05) is 12.1 Å². The van der Waals surface area contributed by atoms with E-state index in [0.717, 1.165) is 12.1 Å². The van der Waals surface area contributed by atoms with E-state index < -0.39 is 11.6 Å². The molecule has 2 amide bonds. The molecule has 1 aromatic heterocycles. The van der Waals surface area contributed by atoms with Crippen LogP contribution in [0.4, 0.5) is 30.8 Å².